The second-order valence-electron chi connectivity index (χ2n) is 8.73. The van der Waals surface area contributed by atoms with Crippen molar-refractivity contribution in [3.8, 4) is 0 Å². The van der Waals surface area contributed by atoms with Crippen LogP contribution in [0.25, 0.3) is 0 Å². The van der Waals surface area contributed by atoms with E-state index in [4.69, 9.17) is 0 Å². The van der Waals surface area contributed by atoms with Crippen LogP contribution < -0.4 is 4.90 Å². The molecule has 0 N–H and O–H groups in total. The molecule has 3 heterocycles. The van der Waals surface area contributed by atoms with Gasteiger partial charge in [0.15, 0.2) is 5.66 Å². The molecule has 0 saturated carbocycles. The van der Waals surface area contributed by atoms with E-state index in [1.54, 1.807) is 9.80 Å². The number of carbonyl (C=O) groups is 2. The van der Waals surface area contributed by atoms with Crippen molar-refractivity contribution in [2.24, 2.45) is 0 Å². The molecule has 32 heavy (non-hydrogen) atoms. The third kappa shape index (κ3) is 2.24. The predicted octanol–water partition coefficient (Wildman–Crippen LogP) is 4.53. The van der Waals surface area contributed by atoms with Crippen molar-refractivity contribution in [2.45, 2.75) is 24.8 Å². The molecule has 3 aliphatic rings. The van der Waals surface area contributed by atoms with Crippen LogP contribution in [0.5, 0.6) is 0 Å². The Bertz CT molecular complexity index is 1240. The van der Waals surface area contributed by atoms with Gasteiger partial charge in [-0.05, 0) is 22.8 Å². The van der Waals surface area contributed by atoms with E-state index in [9.17, 15) is 9.59 Å². The van der Waals surface area contributed by atoms with Gasteiger partial charge in [0.25, 0.3) is 0 Å². The van der Waals surface area contributed by atoms with E-state index in [0.717, 1.165) is 27.9 Å². The third-order valence-electron chi connectivity index (χ3n) is 7.20. The molecule has 0 bridgehead atoms. The fourth-order valence-corrected chi connectivity index (χ4v) is 5.79. The van der Waals surface area contributed by atoms with E-state index in [2.05, 4.69) is 18.2 Å². The molecule has 0 aliphatic carbocycles. The smallest absolute Gasteiger partial charge is 0.309 e. The maximum Gasteiger partial charge on any atom is 0.326 e. The van der Waals surface area contributed by atoms with Crippen LogP contribution in [0.15, 0.2) is 78.9 Å². The molecule has 2 unspecified atom stereocenters. The molecule has 1 fully saturated rings. The predicted molar refractivity (Wildman–Crippen MR) is 122 cm³/mol. The van der Waals surface area contributed by atoms with Gasteiger partial charge in [0.2, 0.25) is 0 Å². The van der Waals surface area contributed by atoms with Crippen LogP contribution in [0.4, 0.5) is 15.3 Å². The minimum absolute atomic E-state index is 0.0762. The van der Waals surface area contributed by atoms with Crippen LogP contribution in [0, 0.1) is 0 Å². The van der Waals surface area contributed by atoms with E-state index >= 15 is 0 Å². The van der Waals surface area contributed by atoms with Gasteiger partial charge in [-0.3, -0.25) is 14.7 Å². The largest absolute Gasteiger partial charge is 0.326 e. The summed E-state index contributed by atoms with van der Waals surface area (Å²) in [6.07, 6.45) is 0. The number of benzene rings is 3. The van der Waals surface area contributed by atoms with E-state index in [-0.39, 0.29) is 18.1 Å². The fraction of sp³-hybridized carbons (Fsp3) is 0.231. The molecular formula is C26H24N4O2. The quantitative estimate of drug-likeness (QED) is 0.607. The van der Waals surface area contributed by atoms with Crippen LogP contribution in [0.2, 0.25) is 0 Å². The molecule has 3 aliphatic heterocycles. The maximum atomic E-state index is 13.8. The first-order chi connectivity index (χ1) is 15.5. The number of amides is 4. The van der Waals surface area contributed by atoms with Gasteiger partial charge in [-0.2, -0.15) is 0 Å². The number of fused-ring (bicyclic) bond motifs is 3. The lowest BCUT2D eigenvalue weighted by atomic mass is 9.77. The lowest BCUT2D eigenvalue weighted by Crippen LogP contribution is -2.65. The lowest BCUT2D eigenvalue weighted by Gasteiger charge is -2.56. The molecule has 2 atom stereocenters. The zero-order chi connectivity index (χ0) is 22.0. The first kappa shape index (κ1) is 18.9. The lowest BCUT2D eigenvalue weighted by molar-refractivity contribution is -0.0226. The molecule has 1 spiro atoms. The molecule has 1 saturated heterocycles. The molecule has 6 nitrogen and oxygen atoms in total. The van der Waals surface area contributed by atoms with Crippen molar-refractivity contribution < 1.29 is 9.59 Å². The first-order valence-corrected chi connectivity index (χ1v) is 10.9. The van der Waals surface area contributed by atoms with Gasteiger partial charge >= 0.3 is 12.1 Å². The number of anilines is 1. The van der Waals surface area contributed by atoms with Gasteiger partial charge in [-0.1, -0.05) is 72.8 Å². The second-order valence-corrected chi connectivity index (χ2v) is 8.73. The van der Waals surface area contributed by atoms with Gasteiger partial charge in [0.05, 0.1) is 12.2 Å². The van der Waals surface area contributed by atoms with E-state index in [0.29, 0.717) is 13.1 Å². The third-order valence-corrected chi connectivity index (χ3v) is 7.20. The summed E-state index contributed by atoms with van der Waals surface area (Å²) in [6, 6.07) is 25.7. The highest BCUT2D eigenvalue weighted by molar-refractivity contribution is 5.98. The number of rotatable bonds is 2. The average Bonchev–Trinajstić information content (AvgIpc) is 3.05. The molecule has 4 amide bonds. The van der Waals surface area contributed by atoms with Crippen molar-refractivity contribution >= 4 is 17.7 Å². The van der Waals surface area contributed by atoms with Crippen LogP contribution >= 0.6 is 0 Å². The van der Waals surface area contributed by atoms with E-state index < -0.39 is 5.66 Å². The highest BCUT2D eigenvalue weighted by Gasteiger charge is 2.66. The Morgan fingerprint density at radius 3 is 2.34 bits per heavy atom. The second kappa shape index (κ2) is 6.60. The molecule has 0 aromatic heterocycles. The number of urea groups is 2. The first-order valence-electron chi connectivity index (χ1n) is 10.9. The summed E-state index contributed by atoms with van der Waals surface area (Å²) in [5, 5.41) is 0. The van der Waals surface area contributed by atoms with Gasteiger partial charge in [-0.15, -0.1) is 0 Å². The highest BCUT2D eigenvalue weighted by Crippen LogP contribution is 2.59. The summed E-state index contributed by atoms with van der Waals surface area (Å²) in [6.45, 7) is 0.936. The van der Waals surface area contributed by atoms with Crippen LogP contribution in [-0.4, -0.2) is 40.9 Å². The van der Waals surface area contributed by atoms with Crippen molar-refractivity contribution in [2.75, 3.05) is 19.0 Å². The Balaban J connectivity index is 1.64. The zero-order valence-electron chi connectivity index (χ0n) is 18.1. The van der Waals surface area contributed by atoms with E-state index in [1.165, 1.54) is 0 Å². The van der Waals surface area contributed by atoms with Gasteiger partial charge < -0.3 is 4.90 Å². The van der Waals surface area contributed by atoms with Crippen LogP contribution in [-0.2, 0) is 18.8 Å². The maximum absolute atomic E-state index is 13.8. The monoisotopic (exact) mass is 424 g/mol. The van der Waals surface area contributed by atoms with Crippen LogP contribution in [0.3, 0.4) is 0 Å². The number of hydrogen-bond donors (Lipinski definition) is 0. The number of para-hydroxylation sites is 1. The summed E-state index contributed by atoms with van der Waals surface area (Å²) in [4.78, 5) is 34.8. The summed E-state index contributed by atoms with van der Waals surface area (Å²) in [5.74, 6) is 0. The number of nitrogens with zero attached hydrogens (tertiary/aromatic N) is 4. The summed E-state index contributed by atoms with van der Waals surface area (Å²) in [5.41, 5.74) is 4.17. The summed E-state index contributed by atoms with van der Waals surface area (Å²) < 4.78 is 0. The standard InChI is InChI=1S/C26H24N4O2/c1-27-22-15-9-8-14-21(22)26-23(20-13-7-6-12-19(20)17-30(26)24(27)31)29(25(32)28(26)2)16-18-10-4-3-5-11-18/h3-15,23H,16-17H2,1-2H3. The Morgan fingerprint density at radius 2 is 1.53 bits per heavy atom. The van der Waals surface area contributed by atoms with Gasteiger partial charge in [0, 0.05) is 26.2 Å². The van der Waals surface area contributed by atoms with Crippen molar-refractivity contribution in [3.63, 3.8) is 0 Å². The zero-order valence-corrected chi connectivity index (χ0v) is 18.1. The van der Waals surface area contributed by atoms with E-state index in [1.807, 2.05) is 84.6 Å². The number of hydrogen-bond acceptors (Lipinski definition) is 2. The molecule has 6 rings (SSSR count). The SMILES string of the molecule is CN1C(=O)N2Cc3ccccc3C3N(Cc4ccccc4)C(=O)N(C)C32c2ccccc21. The molecule has 3 aromatic carbocycles. The van der Waals surface area contributed by atoms with Crippen molar-refractivity contribution in [3.05, 3.63) is 101 Å². The minimum Gasteiger partial charge on any atom is -0.309 e. The normalized spacial score (nSPS) is 23.6. The Labute approximate surface area is 187 Å². The molecule has 6 heteroatoms. The van der Waals surface area contributed by atoms with Crippen LogP contribution in [0.1, 0.15) is 28.3 Å². The number of carbonyl (C=O) groups excluding carboxylic acids is 2. The molecule has 0 radical (unpaired) electrons. The Kier molecular flexibility index (Phi) is 3.90. The van der Waals surface area contributed by atoms with Gasteiger partial charge in [0.1, 0.15) is 6.04 Å². The summed E-state index contributed by atoms with van der Waals surface area (Å²) >= 11 is 0. The molecular weight excluding hydrogens is 400 g/mol. The van der Waals surface area contributed by atoms with Crippen molar-refractivity contribution in [1.82, 2.24) is 14.7 Å². The molecule has 160 valence electrons. The fourth-order valence-electron chi connectivity index (χ4n) is 5.79. The molecule has 3 aromatic rings. The van der Waals surface area contributed by atoms with Crippen molar-refractivity contribution in [1.29, 1.82) is 0 Å². The average molecular weight is 425 g/mol. The number of likely N-dealkylation sites (N-methyl/N-ethyl adjacent to an activating group) is 1. The highest BCUT2D eigenvalue weighted by atomic mass is 16.2. The van der Waals surface area contributed by atoms with Gasteiger partial charge in [-0.25, -0.2) is 9.59 Å². The summed E-state index contributed by atoms with van der Waals surface area (Å²) in [7, 11) is 3.64. The minimum atomic E-state index is -0.902. The Morgan fingerprint density at radius 1 is 0.844 bits per heavy atom. The topological polar surface area (TPSA) is 47.1 Å². The Hall–Kier alpha value is -3.80.